The Balaban J connectivity index is 1.50. The Kier molecular flexibility index (Phi) is 14.8. The van der Waals surface area contributed by atoms with Gasteiger partial charge < -0.3 is 4.84 Å². The quantitative estimate of drug-likeness (QED) is 0.157. The van der Waals surface area contributed by atoms with Gasteiger partial charge in [0.1, 0.15) is 0 Å². The van der Waals surface area contributed by atoms with Gasteiger partial charge in [-0.1, -0.05) is 133 Å². The van der Waals surface area contributed by atoms with Crippen molar-refractivity contribution in [3.8, 4) is 0 Å². The molecule has 0 aromatic heterocycles. The molecule has 0 unspecified atom stereocenters. The van der Waals surface area contributed by atoms with Gasteiger partial charge in [0.2, 0.25) is 0 Å². The lowest BCUT2D eigenvalue weighted by molar-refractivity contribution is -0.143. The third kappa shape index (κ3) is 12.5. The highest BCUT2D eigenvalue weighted by Gasteiger charge is 2.14. The Morgan fingerprint density at radius 2 is 0.939 bits per heavy atom. The first-order valence-corrected chi connectivity index (χ1v) is 13.4. The number of carbonyl (C=O) groups is 1. The average molecular weight is 452 g/mol. The molecule has 3 heteroatoms. The molecule has 0 aliphatic heterocycles. The van der Waals surface area contributed by atoms with E-state index in [4.69, 9.17) is 4.84 Å². The van der Waals surface area contributed by atoms with E-state index in [1.807, 2.05) is 60.7 Å². The molecule has 2 aromatic rings. The molecule has 2 aromatic carbocycles. The molecule has 0 atom stereocenters. The van der Waals surface area contributed by atoms with Gasteiger partial charge in [0.05, 0.1) is 11.4 Å². The molecule has 33 heavy (non-hydrogen) atoms. The van der Waals surface area contributed by atoms with Crippen LogP contribution in [0.4, 0.5) is 11.4 Å². The normalized spacial score (nSPS) is 10.8. The average Bonchev–Trinajstić information content (AvgIpc) is 2.86. The second kappa shape index (κ2) is 18.2. The van der Waals surface area contributed by atoms with Crippen LogP contribution in [-0.4, -0.2) is 5.97 Å². The first-order chi connectivity index (χ1) is 16.3. The summed E-state index contributed by atoms with van der Waals surface area (Å²) in [6, 6.07) is 19.5. The molecule has 0 aliphatic carbocycles. The number of benzene rings is 2. The lowest BCUT2D eigenvalue weighted by Gasteiger charge is -2.23. The Hall–Kier alpha value is -2.29. The minimum atomic E-state index is -0.169. The highest BCUT2D eigenvalue weighted by Crippen LogP contribution is 2.25. The van der Waals surface area contributed by atoms with E-state index in [2.05, 4.69) is 6.92 Å². The lowest BCUT2D eigenvalue weighted by Crippen LogP contribution is -2.22. The van der Waals surface area contributed by atoms with Crippen molar-refractivity contribution in [3.05, 3.63) is 60.7 Å². The number of rotatable bonds is 19. The van der Waals surface area contributed by atoms with E-state index >= 15 is 0 Å². The van der Waals surface area contributed by atoms with Crippen molar-refractivity contribution in [1.29, 1.82) is 0 Å². The Morgan fingerprint density at radius 1 is 0.576 bits per heavy atom. The van der Waals surface area contributed by atoms with Crippen LogP contribution < -0.4 is 5.06 Å². The number of para-hydroxylation sites is 2. The smallest absolute Gasteiger partial charge is 0.332 e. The molecule has 182 valence electrons. The summed E-state index contributed by atoms with van der Waals surface area (Å²) in [5, 5.41) is 1.63. The van der Waals surface area contributed by atoms with Crippen molar-refractivity contribution < 1.29 is 9.63 Å². The molecule has 0 aliphatic rings. The SMILES string of the molecule is CCCCCCCCCCCCCCCCCC(=O)ON(c1ccccc1)c1ccccc1. The predicted molar refractivity (Wildman–Crippen MR) is 141 cm³/mol. The number of nitrogens with zero attached hydrogens (tertiary/aromatic N) is 1. The number of carbonyl (C=O) groups excluding carboxylic acids is 1. The van der Waals surface area contributed by atoms with Gasteiger partial charge in [-0.3, -0.25) is 0 Å². The molecule has 0 amide bonds. The van der Waals surface area contributed by atoms with Crippen molar-refractivity contribution in [2.45, 2.75) is 110 Å². The maximum absolute atomic E-state index is 12.5. The number of hydrogen-bond donors (Lipinski definition) is 0. The number of anilines is 2. The van der Waals surface area contributed by atoms with Crippen LogP contribution in [0.1, 0.15) is 110 Å². The van der Waals surface area contributed by atoms with Crippen LogP contribution in [0.2, 0.25) is 0 Å². The van der Waals surface area contributed by atoms with Crippen molar-refractivity contribution >= 4 is 17.3 Å². The zero-order chi connectivity index (χ0) is 23.4. The van der Waals surface area contributed by atoms with Crippen molar-refractivity contribution in [3.63, 3.8) is 0 Å². The molecule has 0 saturated heterocycles. The van der Waals surface area contributed by atoms with Gasteiger partial charge in [-0.2, -0.15) is 5.06 Å². The van der Waals surface area contributed by atoms with Crippen molar-refractivity contribution in [2.75, 3.05) is 5.06 Å². The monoisotopic (exact) mass is 451 g/mol. The zero-order valence-electron chi connectivity index (χ0n) is 20.9. The Labute approximate surface area is 202 Å². The minimum Gasteiger partial charge on any atom is -0.336 e. The summed E-state index contributed by atoms with van der Waals surface area (Å²) in [7, 11) is 0. The van der Waals surface area contributed by atoms with Gasteiger partial charge in [-0.25, -0.2) is 4.79 Å². The standard InChI is InChI=1S/C30H45NO2/c1-2-3-4-5-6-7-8-9-10-11-12-13-14-15-22-27-30(32)33-31(28-23-18-16-19-24-28)29-25-20-17-21-26-29/h16-21,23-26H,2-15,22,27H2,1H3. The van der Waals surface area contributed by atoms with Gasteiger partial charge in [0.25, 0.3) is 0 Å². The Morgan fingerprint density at radius 3 is 1.33 bits per heavy atom. The minimum absolute atomic E-state index is 0.169. The van der Waals surface area contributed by atoms with E-state index in [9.17, 15) is 4.79 Å². The van der Waals surface area contributed by atoms with E-state index in [1.165, 1.54) is 83.5 Å². The molecule has 2 rings (SSSR count). The summed E-state index contributed by atoms with van der Waals surface area (Å²) >= 11 is 0. The van der Waals surface area contributed by atoms with Gasteiger partial charge in [-0.05, 0) is 30.7 Å². The number of hydrogen-bond acceptors (Lipinski definition) is 3. The van der Waals surface area contributed by atoms with E-state index in [-0.39, 0.29) is 5.97 Å². The van der Waals surface area contributed by atoms with Crippen LogP contribution in [0.15, 0.2) is 60.7 Å². The zero-order valence-corrected chi connectivity index (χ0v) is 20.9. The van der Waals surface area contributed by atoms with Gasteiger partial charge >= 0.3 is 5.97 Å². The summed E-state index contributed by atoms with van der Waals surface area (Å²) in [6.45, 7) is 2.28. The van der Waals surface area contributed by atoms with Crippen LogP contribution in [0.25, 0.3) is 0 Å². The largest absolute Gasteiger partial charge is 0.336 e. The topological polar surface area (TPSA) is 29.5 Å². The molecule has 0 N–H and O–H groups in total. The fraction of sp³-hybridized carbons (Fsp3) is 0.567. The van der Waals surface area contributed by atoms with Crippen LogP contribution in [0.3, 0.4) is 0 Å². The van der Waals surface area contributed by atoms with Gasteiger partial charge in [0.15, 0.2) is 0 Å². The van der Waals surface area contributed by atoms with Crippen LogP contribution >= 0.6 is 0 Å². The van der Waals surface area contributed by atoms with Crippen LogP contribution in [0, 0.1) is 0 Å². The summed E-state index contributed by atoms with van der Waals surface area (Å²) in [4.78, 5) is 18.2. The van der Waals surface area contributed by atoms with Gasteiger partial charge in [-0.15, -0.1) is 0 Å². The summed E-state index contributed by atoms with van der Waals surface area (Å²) in [5.74, 6) is -0.169. The maximum Gasteiger partial charge on any atom is 0.332 e. The summed E-state index contributed by atoms with van der Waals surface area (Å²) in [5.41, 5.74) is 1.71. The highest BCUT2D eigenvalue weighted by atomic mass is 16.7. The highest BCUT2D eigenvalue weighted by molar-refractivity contribution is 5.73. The van der Waals surface area contributed by atoms with Crippen LogP contribution in [0.5, 0.6) is 0 Å². The van der Waals surface area contributed by atoms with Gasteiger partial charge in [0, 0.05) is 6.42 Å². The second-order valence-electron chi connectivity index (χ2n) is 9.13. The molecular formula is C30H45NO2. The fourth-order valence-electron chi connectivity index (χ4n) is 4.17. The predicted octanol–water partition coefficient (Wildman–Crippen LogP) is 9.54. The van der Waals surface area contributed by atoms with E-state index in [0.717, 1.165) is 24.2 Å². The summed E-state index contributed by atoms with van der Waals surface area (Å²) < 4.78 is 0. The third-order valence-electron chi connectivity index (χ3n) is 6.16. The molecule has 0 heterocycles. The molecule has 0 fully saturated rings. The Bertz CT molecular complexity index is 677. The van der Waals surface area contributed by atoms with E-state index < -0.39 is 0 Å². The van der Waals surface area contributed by atoms with Crippen molar-refractivity contribution in [1.82, 2.24) is 0 Å². The summed E-state index contributed by atoms with van der Waals surface area (Å²) in [6.07, 6.45) is 20.3. The maximum atomic E-state index is 12.5. The molecule has 0 radical (unpaired) electrons. The third-order valence-corrected chi connectivity index (χ3v) is 6.16. The number of unbranched alkanes of at least 4 members (excludes halogenated alkanes) is 14. The molecule has 3 nitrogen and oxygen atoms in total. The molecule has 0 bridgehead atoms. The molecule has 0 saturated carbocycles. The van der Waals surface area contributed by atoms with E-state index in [1.54, 1.807) is 5.06 Å². The second-order valence-corrected chi connectivity index (χ2v) is 9.13. The van der Waals surface area contributed by atoms with E-state index in [0.29, 0.717) is 6.42 Å². The lowest BCUT2D eigenvalue weighted by atomic mass is 10.0. The van der Waals surface area contributed by atoms with Crippen LogP contribution in [-0.2, 0) is 9.63 Å². The van der Waals surface area contributed by atoms with Crippen molar-refractivity contribution in [2.24, 2.45) is 0 Å². The fourth-order valence-corrected chi connectivity index (χ4v) is 4.17. The first kappa shape index (κ1) is 27.0. The molecular weight excluding hydrogens is 406 g/mol. The first-order valence-electron chi connectivity index (χ1n) is 13.4. The molecule has 0 spiro atoms.